The highest BCUT2D eigenvalue weighted by Crippen LogP contribution is 2.29. The van der Waals surface area contributed by atoms with Gasteiger partial charge in [-0.2, -0.15) is 5.10 Å². The molecule has 0 aliphatic rings. The molecule has 0 aliphatic carbocycles. The van der Waals surface area contributed by atoms with E-state index in [1.165, 1.54) is 0 Å². The number of hydrogen-bond donors (Lipinski definition) is 0. The summed E-state index contributed by atoms with van der Waals surface area (Å²) in [6, 6.07) is 5.74. The van der Waals surface area contributed by atoms with Crippen LogP contribution in [0.25, 0.3) is 0 Å². The lowest BCUT2D eigenvalue weighted by Gasteiger charge is -2.12. The molecule has 0 saturated carbocycles. The van der Waals surface area contributed by atoms with Crippen molar-refractivity contribution in [3.8, 4) is 11.5 Å². The molecule has 0 spiro atoms. The molecular formula is C14H17ClN2O2. The Balaban J connectivity index is 2.10. The zero-order valence-electron chi connectivity index (χ0n) is 11.1. The summed E-state index contributed by atoms with van der Waals surface area (Å²) in [5.41, 5.74) is 2.03. The normalized spacial score (nSPS) is 10.5. The molecule has 0 fully saturated rings. The van der Waals surface area contributed by atoms with Crippen LogP contribution in [-0.4, -0.2) is 16.4 Å². The Bertz CT molecular complexity index is 540. The SMILES string of the molecule is CCOc1cc(CCl)ccc1OCc1cnn(C)c1. The van der Waals surface area contributed by atoms with Crippen LogP contribution in [-0.2, 0) is 19.5 Å². The first kappa shape index (κ1) is 13.7. The second kappa shape index (κ2) is 6.48. The monoisotopic (exact) mass is 280 g/mol. The van der Waals surface area contributed by atoms with Gasteiger partial charge in [-0.1, -0.05) is 6.07 Å². The molecule has 0 atom stereocenters. The van der Waals surface area contributed by atoms with Crippen molar-refractivity contribution in [2.45, 2.75) is 19.4 Å². The summed E-state index contributed by atoms with van der Waals surface area (Å²) in [5.74, 6) is 1.91. The maximum Gasteiger partial charge on any atom is 0.161 e. The predicted molar refractivity (Wildman–Crippen MR) is 74.7 cm³/mol. The van der Waals surface area contributed by atoms with Crippen LogP contribution < -0.4 is 9.47 Å². The minimum atomic E-state index is 0.461. The summed E-state index contributed by atoms with van der Waals surface area (Å²) in [5, 5.41) is 4.10. The van der Waals surface area contributed by atoms with Crippen molar-refractivity contribution in [1.82, 2.24) is 9.78 Å². The van der Waals surface area contributed by atoms with E-state index < -0.39 is 0 Å². The molecule has 0 radical (unpaired) electrons. The molecule has 102 valence electrons. The maximum atomic E-state index is 5.82. The van der Waals surface area contributed by atoms with Crippen molar-refractivity contribution in [3.63, 3.8) is 0 Å². The van der Waals surface area contributed by atoms with E-state index in [9.17, 15) is 0 Å². The number of aromatic nitrogens is 2. The second-order valence-electron chi connectivity index (χ2n) is 4.16. The first-order valence-corrected chi connectivity index (χ1v) is 6.68. The molecule has 4 nitrogen and oxygen atoms in total. The van der Waals surface area contributed by atoms with Crippen LogP contribution in [0.4, 0.5) is 0 Å². The highest BCUT2D eigenvalue weighted by Gasteiger charge is 2.07. The van der Waals surface area contributed by atoms with Gasteiger partial charge in [0.2, 0.25) is 0 Å². The Morgan fingerprint density at radius 2 is 2.05 bits per heavy atom. The molecule has 19 heavy (non-hydrogen) atoms. The van der Waals surface area contributed by atoms with Crippen molar-refractivity contribution >= 4 is 11.6 Å². The van der Waals surface area contributed by atoms with Crippen molar-refractivity contribution in [2.24, 2.45) is 7.05 Å². The number of ether oxygens (including phenoxy) is 2. The standard InChI is InChI=1S/C14H17ClN2O2/c1-3-18-14-6-11(7-15)4-5-13(14)19-10-12-8-16-17(2)9-12/h4-6,8-9H,3,7,10H2,1-2H3. The minimum absolute atomic E-state index is 0.461. The van der Waals surface area contributed by atoms with Crippen LogP contribution in [0.1, 0.15) is 18.1 Å². The molecule has 1 aromatic heterocycles. The van der Waals surface area contributed by atoms with Crippen LogP contribution in [0.3, 0.4) is 0 Å². The van der Waals surface area contributed by atoms with Crippen LogP contribution in [0, 0.1) is 0 Å². The Kier molecular flexibility index (Phi) is 4.68. The van der Waals surface area contributed by atoms with E-state index in [1.54, 1.807) is 10.9 Å². The van der Waals surface area contributed by atoms with E-state index >= 15 is 0 Å². The Labute approximate surface area is 117 Å². The largest absolute Gasteiger partial charge is 0.490 e. The zero-order valence-corrected chi connectivity index (χ0v) is 11.9. The highest BCUT2D eigenvalue weighted by atomic mass is 35.5. The zero-order chi connectivity index (χ0) is 13.7. The van der Waals surface area contributed by atoms with E-state index in [-0.39, 0.29) is 0 Å². The maximum absolute atomic E-state index is 5.82. The number of halogens is 1. The van der Waals surface area contributed by atoms with E-state index in [0.717, 1.165) is 22.6 Å². The van der Waals surface area contributed by atoms with Gasteiger partial charge in [-0.15, -0.1) is 11.6 Å². The Morgan fingerprint density at radius 3 is 2.68 bits per heavy atom. The quantitative estimate of drug-likeness (QED) is 0.763. The number of alkyl halides is 1. The topological polar surface area (TPSA) is 36.3 Å². The highest BCUT2D eigenvalue weighted by molar-refractivity contribution is 6.17. The van der Waals surface area contributed by atoms with E-state index in [2.05, 4.69) is 5.10 Å². The molecule has 1 heterocycles. The van der Waals surface area contributed by atoms with Gasteiger partial charge >= 0.3 is 0 Å². The molecule has 2 rings (SSSR count). The van der Waals surface area contributed by atoms with Crippen molar-refractivity contribution < 1.29 is 9.47 Å². The lowest BCUT2D eigenvalue weighted by atomic mass is 10.2. The molecule has 0 aliphatic heterocycles. The van der Waals surface area contributed by atoms with E-state index in [0.29, 0.717) is 19.1 Å². The van der Waals surface area contributed by atoms with E-state index in [1.807, 2.05) is 38.4 Å². The average Bonchev–Trinajstić information content (AvgIpc) is 2.83. The molecule has 0 bridgehead atoms. The number of benzene rings is 1. The first-order chi connectivity index (χ1) is 9.22. The lowest BCUT2D eigenvalue weighted by Crippen LogP contribution is -1.99. The number of aryl methyl sites for hydroxylation is 1. The third-order valence-corrected chi connectivity index (χ3v) is 2.92. The summed E-state index contributed by atoms with van der Waals surface area (Å²) >= 11 is 5.82. The van der Waals surface area contributed by atoms with Gasteiger partial charge in [0.25, 0.3) is 0 Å². The Morgan fingerprint density at radius 1 is 1.21 bits per heavy atom. The third-order valence-electron chi connectivity index (χ3n) is 2.61. The first-order valence-electron chi connectivity index (χ1n) is 6.15. The molecule has 1 aromatic carbocycles. The van der Waals surface area contributed by atoms with Gasteiger partial charge in [0, 0.05) is 24.7 Å². The molecule has 0 N–H and O–H groups in total. The van der Waals surface area contributed by atoms with Gasteiger partial charge in [0.05, 0.1) is 12.8 Å². The van der Waals surface area contributed by atoms with Crippen LogP contribution in [0.2, 0.25) is 0 Å². The fraction of sp³-hybridized carbons (Fsp3) is 0.357. The van der Waals surface area contributed by atoms with Crippen LogP contribution >= 0.6 is 11.6 Å². The van der Waals surface area contributed by atoms with Crippen LogP contribution in [0.15, 0.2) is 30.6 Å². The molecule has 0 saturated heterocycles. The van der Waals surface area contributed by atoms with Gasteiger partial charge in [0.15, 0.2) is 11.5 Å². The fourth-order valence-electron chi connectivity index (χ4n) is 1.73. The number of nitrogens with zero attached hydrogens (tertiary/aromatic N) is 2. The average molecular weight is 281 g/mol. The van der Waals surface area contributed by atoms with E-state index in [4.69, 9.17) is 21.1 Å². The number of rotatable bonds is 6. The van der Waals surface area contributed by atoms with Gasteiger partial charge in [-0.3, -0.25) is 4.68 Å². The molecule has 5 heteroatoms. The molecule has 2 aromatic rings. The lowest BCUT2D eigenvalue weighted by molar-refractivity contribution is 0.269. The van der Waals surface area contributed by atoms with Crippen molar-refractivity contribution in [2.75, 3.05) is 6.61 Å². The summed E-state index contributed by atoms with van der Waals surface area (Å²) < 4.78 is 13.1. The molecule has 0 unspecified atom stereocenters. The van der Waals surface area contributed by atoms with Crippen molar-refractivity contribution in [3.05, 3.63) is 41.7 Å². The summed E-state index contributed by atoms with van der Waals surface area (Å²) in [6.45, 7) is 3.00. The fourth-order valence-corrected chi connectivity index (χ4v) is 1.90. The Hall–Kier alpha value is -1.68. The second-order valence-corrected chi connectivity index (χ2v) is 4.43. The van der Waals surface area contributed by atoms with Gasteiger partial charge in [0.1, 0.15) is 6.61 Å². The predicted octanol–water partition coefficient (Wildman–Crippen LogP) is 3.14. The summed E-state index contributed by atoms with van der Waals surface area (Å²) in [6.07, 6.45) is 3.71. The third kappa shape index (κ3) is 3.64. The van der Waals surface area contributed by atoms with Gasteiger partial charge < -0.3 is 9.47 Å². The molecular weight excluding hydrogens is 264 g/mol. The smallest absolute Gasteiger partial charge is 0.161 e. The minimum Gasteiger partial charge on any atom is -0.490 e. The van der Waals surface area contributed by atoms with Gasteiger partial charge in [-0.05, 0) is 24.6 Å². The molecule has 0 amide bonds. The van der Waals surface area contributed by atoms with Crippen molar-refractivity contribution in [1.29, 1.82) is 0 Å². The summed E-state index contributed by atoms with van der Waals surface area (Å²) in [7, 11) is 1.88. The number of hydrogen-bond acceptors (Lipinski definition) is 3. The van der Waals surface area contributed by atoms with Crippen LogP contribution in [0.5, 0.6) is 11.5 Å². The summed E-state index contributed by atoms with van der Waals surface area (Å²) in [4.78, 5) is 0. The van der Waals surface area contributed by atoms with Gasteiger partial charge in [-0.25, -0.2) is 0 Å².